The maximum Gasteiger partial charge on any atom is 0.242 e. The van der Waals surface area contributed by atoms with Gasteiger partial charge in [-0.15, -0.1) is 0 Å². The molecule has 0 aliphatic heterocycles. The number of ether oxygens (including phenoxy) is 1. The van der Waals surface area contributed by atoms with Crippen molar-refractivity contribution in [3.8, 4) is 0 Å². The predicted octanol–water partition coefficient (Wildman–Crippen LogP) is 6.58. The van der Waals surface area contributed by atoms with Gasteiger partial charge in [-0.25, -0.2) is 0 Å². The minimum atomic E-state index is -0.554. The highest BCUT2D eigenvalue weighted by Crippen LogP contribution is 2.13. The molecule has 8 nitrogen and oxygen atoms in total. The van der Waals surface area contributed by atoms with Crippen LogP contribution in [0.1, 0.15) is 156 Å². The van der Waals surface area contributed by atoms with Gasteiger partial charge in [-0.3, -0.25) is 14.4 Å². The van der Waals surface area contributed by atoms with E-state index in [0.29, 0.717) is 32.5 Å². The summed E-state index contributed by atoms with van der Waals surface area (Å²) in [4.78, 5) is 36.7. The van der Waals surface area contributed by atoms with Gasteiger partial charge in [-0.2, -0.15) is 0 Å². The van der Waals surface area contributed by atoms with Gasteiger partial charge in [0.05, 0.1) is 12.7 Å². The first-order valence-corrected chi connectivity index (χ1v) is 17.3. The number of amides is 3. The average molecular weight is 598 g/mol. The number of aliphatic hydroxyl groups excluding tert-OH is 1. The molecule has 42 heavy (non-hydrogen) atoms. The van der Waals surface area contributed by atoms with Crippen molar-refractivity contribution in [2.45, 2.75) is 168 Å². The molecule has 0 rings (SSSR count). The van der Waals surface area contributed by atoms with Crippen LogP contribution in [0.2, 0.25) is 0 Å². The summed E-state index contributed by atoms with van der Waals surface area (Å²) in [6.45, 7) is 9.48. The maximum absolute atomic E-state index is 12.9. The summed E-state index contributed by atoms with van der Waals surface area (Å²) in [5.74, 6) is -0.149. The highest BCUT2D eigenvalue weighted by molar-refractivity contribution is 5.87. The Labute approximate surface area is 258 Å². The van der Waals surface area contributed by atoms with Crippen molar-refractivity contribution in [2.24, 2.45) is 5.92 Å². The summed E-state index contributed by atoms with van der Waals surface area (Å²) in [6.07, 6.45) is 21.7. The fourth-order valence-electron chi connectivity index (χ4n) is 5.03. The molecule has 2 atom stereocenters. The van der Waals surface area contributed by atoms with Crippen molar-refractivity contribution in [1.29, 1.82) is 0 Å². The van der Waals surface area contributed by atoms with Crippen LogP contribution in [0, 0.1) is 5.92 Å². The fraction of sp³-hybridized carbons (Fsp3) is 0.912. The molecule has 0 bridgehead atoms. The molecule has 0 aromatic heterocycles. The van der Waals surface area contributed by atoms with E-state index in [9.17, 15) is 19.5 Å². The minimum absolute atomic E-state index is 0.0592. The Morgan fingerprint density at radius 1 is 0.690 bits per heavy atom. The van der Waals surface area contributed by atoms with Crippen LogP contribution >= 0.6 is 0 Å². The Balaban J connectivity index is 4.25. The molecule has 0 aromatic rings. The second kappa shape index (κ2) is 29.4. The van der Waals surface area contributed by atoms with Gasteiger partial charge in [0.15, 0.2) is 0 Å². The number of hydrogen-bond acceptors (Lipinski definition) is 5. The molecular weight excluding hydrogens is 530 g/mol. The molecule has 248 valence electrons. The topological polar surface area (TPSA) is 117 Å². The van der Waals surface area contributed by atoms with Crippen LogP contribution in [0.25, 0.3) is 0 Å². The van der Waals surface area contributed by atoms with Crippen molar-refractivity contribution in [2.75, 3.05) is 26.3 Å². The zero-order valence-electron chi connectivity index (χ0n) is 27.8. The zero-order valence-corrected chi connectivity index (χ0v) is 27.8. The summed E-state index contributed by atoms with van der Waals surface area (Å²) >= 11 is 0. The minimum Gasteiger partial charge on any atom is -0.396 e. The number of unbranched alkanes of at least 4 members (excludes halogenated alkanes) is 14. The lowest BCUT2D eigenvalue weighted by Gasteiger charge is -2.19. The third kappa shape index (κ3) is 27.2. The molecule has 0 aliphatic carbocycles. The van der Waals surface area contributed by atoms with Gasteiger partial charge in [-0.05, 0) is 52.4 Å². The number of carbonyl (C=O) groups is 3. The number of carbonyl (C=O) groups excluding carboxylic acids is 3. The molecule has 0 heterocycles. The van der Waals surface area contributed by atoms with Crippen molar-refractivity contribution in [3.05, 3.63) is 0 Å². The molecular formula is C34H67N3O5. The van der Waals surface area contributed by atoms with E-state index in [-0.39, 0.29) is 36.4 Å². The number of nitrogens with one attached hydrogen (secondary N) is 3. The van der Waals surface area contributed by atoms with Crippen molar-refractivity contribution < 1.29 is 24.2 Å². The third-order valence-electron chi connectivity index (χ3n) is 7.71. The van der Waals surface area contributed by atoms with E-state index in [0.717, 1.165) is 51.4 Å². The predicted molar refractivity (Wildman–Crippen MR) is 173 cm³/mol. The van der Waals surface area contributed by atoms with Gasteiger partial charge >= 0.3 is 0 Å². The first kappa shape index (κ1) is 40.3. The first-order chi connectivity index (χ1) is 20.3. The molecule has 0 aliphatic rings. The van der Waals surface area contributed by atoms with E-state index in [1.54, 1.807) is 0 Å². The lowest BCUT2D eigenvalue weighted by atomic mass is 10.0. The van der Waals surface area contributed by atoms with Gasteiger partial charge in [0.1, 0.15) is 6.04 Å². The fourth-order valence-corrected chi connectivity index (χ4v) is 5.03. The molecule has 0 unspecified atom stereocenters. The average Bonchev–Trinajstić information content (AvgIpc) is 2.95. The van der Waals surface area contributed by atoms with Gasteiger partial charge in [0, 0.05) is 39.0 Å². The highest BCUT2D eigenvalue weighted by Gasteiger charge is 2.20. The third-order valence-corrected chi connectivity index (χ3v) is 7.71. The Hall–Kier alpha value is -1.67. The van der Waals surface area contributed by atoms with Crippen LogP contribution in [0.15, 0.2) is 0 Å². The summed E-state index contributed by atoms with van der Waals surface area (Å²) < 4.78 is 5.61. The summed E-state index contributed by atoms with van der Waals surface area (Å²) in [5.41, 5.74) is 0. The van der Waals surface area contributed by atoms with E-state index in [4.69, 9.17) is 4.74 Å². The Kier molecular flexibility index (Phi) is 28.2. The van der Waals surface area contributed by atoms with E-state index >= 15 is 0 Å². The second-order valence-corrected chi connectivity index (χ2v) is 12.3. The monoisotopic (exact) mass is 598 g/mol. The molecule has 4 N–H and O–H groups in total. The van der Waals surface area contributed by atoms with Gasteiger partial charge in [0.25, 0.3) is 0 Å². The zero-order chi connectivity index (χ0) is 31.3. The van der Waals surface area contributed by atoms with Crippen LogP contribution in [-0.4, -0.2) is 61.3 Å². The molecule has 0 spiro atoms. The van der Waals surface area contributed by atoms with Crippen LogP contribution in [-0.2, 0) is 19.1 Å². The van der Waals surface area contributed by atoms with Crippen LogP contribution in [0.3, 0.4) is 0 Å². The smallest absolute Gasteiger partial charge is 0.242 e. The Bertz CT molecular complexity index is 659. The largest absolute Gasteiger partial charge is 0.396 e. The number of aliphatic hydroxyl groups is 1. The second-order valence-electron chi connectivity index (χ2n) is 12.3. The summed E-state index contributed by atoms with van der Waals surface area (Å²) in [5, 5.41) is 18.3. The SMILES string of the molecule is CCCCCCCCCCCCCCCC(=O)N[C@@H](CCCCNC(C)=O)C(=O)NCCCC[C@@H](CO)COC(C)C. The molecule has 0 saturated carbocycles. The van der Waals surface area contributed by atoms with E-state index in [2.05, 4.69) is 22.9 Å². The standard InChI is InChI=1S/C34H67N3O5/c1-5-6-7-8-9-10-11-12-13-14-15-16-17-24-33(40)37-32(23-19-21-25-35-30(4)39)34(41)36-26-20-18-22-31(27-38)28-42-29(2)3/h29,31-32,38H,5-28H2,1-4H3,(H,35,39)(H,36,41)(H,37,40)/t31-,32-/m0/s1. The normalized spacial score (nSPS) is 12.7. The molecule has 0 aromatic carbocycles. The molecule has 0 saturated heterocycles. The molecule has 3 amide bonds. The van der Waals surface area contributed by atoms with Gasteiger partial charge < -0.3 is 25.8 Å². The summed E-state index contributed by atoms with van der Waals surface area (Å²) in [6, 6.07) is -0.554. The molecule has 0 radical (unpaired) electrons. The Morgan fingerprint density at radius 3 is 1.74 bits per heavy atom. The number of rotatable bonds is 30. The summed E-state index contributed by atoms with van der Waals surface area (Å²) in [7, 11) is 0. The highest BCUT2D eigenvalue weighted by atomic mass is 16.5. The van der Waals surface area contributed by atoms with Crippen molar-refractivity contribution in [1.82, 2.24) is 16.0 Å². The first-order valence-electron chi connectivity index (χ1n) is 17.3. The lowest BCUT2D eigenvalue weighted by Crippen LogP contribution is -2.47. The Morgan fingerprint density at radius 2 is 1.21 bits per heavy atom. The van der Waals surface area contributed by atoms with Gasteiger partial charge in [0.2, 0.25) is 17.7 Å². The lowest BCUT2D eigenvalue weighted by molar-refractivity contribution is -0.129. The maximum atomic E-state index is 12.9. The molecule has 0 fully saturated rings. The quantitative estimate of drug-likeness (QED) is 0.0698. The van der Waals surface area contributed by atoms with E-state index < -0.39 is 6.04 Å². The van der Waals surface area contributed by atoms with E-state index in [1.165, 1.54) is 71.1 Å². The van der Waals surface area contributed by atoms with Crippen LogP contribution in [0.5, 0.6) is 0 Å². The van der Waals surface area contributed by atoms with Crippen molar-refractivity contribution >= 4 is 17.7 Å². The van der Waals surface area contributed by atoms with Crippen molar-refractivity contribution in [3.63, 3.8) is 0 Å². The number of hydrogen-bond donors (Lipinski definition) is 4. The van der Waals surface area contributed by atoms with E-state index in [1.807, 2.05) is 13.8 Å². The van der Waals surface area contributed by atoms with Crippen LogP contribution < -0.4 is 16.0 Å². The van der Waals surface area contributed by atoms with Crippen LogP contribution in [0.4, 0.5) is 0 Å². The molecule has 8 heteroatoms. The van der Waals surface area contributed by atoms with Gasteiger partial charge in [-0.1, -0.05) is 90.4 Å².